The lowest BCUT2D eigenvalue weighted by Crippen LogP contribution is -2.54. The maximum absolute atomic E-state index is 14.2. The molecule has 0 bridgehead atoms. The molecule has 12 fully saturated rings. The minimum Gasteiger partial charge on any atom is -0.369 e. The normalized spacial score (nSPS) is 38.2. The van der Waals surface area contributed by atoms with Crippen LogP contribution in [-0.2, 0) is 62.3 Å². The second-order valence-corrected chi connectivity index (χ2v) is 32.4. The van der Waals surface area contributed by atoms with Crippen LogP contribution < -0.4 is 69.5 Å². The molecule has 0 radical (unpaired) electrons. The Kier molecular flexibility index (Phi) is 24.1. The van der Waals surface area contributed by atoms with Gasteiger partial charge < -0.3 is 69.5 Å². The van der Waals surface area contributed by atoms with Gasteiger partial charge >= 0.3 is 0 Å². The second-order valence-electron chi connectivity index (χ2n) is 32.4. The van der Waals surface area contributed by atoms with Crippen LogP contribution >= 0.6 is 0 Å². The molecule has 13 amide bonds. The quantitative estimate of drug-likeness (QED) is 0.0662. The van der Waals surface area contributed by atoms with E-state index in [2.05, 4.69) is 63.8 Å². The zero-order valence-electron chi connectivity index (χ0n) is 58.7. The third-order valence-electron chi connectivity index (χ3n) is 26.3. The van der Waals surface area contributed by atoms with Crippen molar-refractivity contribution in [3.8, 4) is 0 Å². The highest BCUT2D eigenvalue weighted by Gasteiger charge is 2.49. The Morgan fingerprint density at radius 3 is 0.410 bits per heavy atom. The summed E-state index contributed by atoms with van der Waals surface area (Å²) in [6.45, 7) is 1.45. The largest absolute Gasteiger partial charge is 0.369 e. The molecular formula is C74H113N13O13. The molecule has 0 heterocycles. The lowest BCUT2D eigenvalue weighted by atomic mass is 9.95. The van der Waals surface area contributed by atoms with E-state index in [0.717, 1.165) is 83.5 Å². The van der Waals surface area contributed by atoms with Crippen LogP contribution in [0.3, 0.4) is 0 Å². The van der Waals surface area contributed by atoms with Gasteiger partial charge in [-0.2, -0.15) is 0 Å². The van der Waals surface area contributed by atoms with Gasteiger partial charge in [0.2, 0.25) is 76.8 Å². The minimum atomic E-state index is -0.500. The van der Waals surface area contributed by atoms with Crippen LogP contribution in [0, 0.1) is 71.0 Å². The highest BCUT2D eigenvalue weighted by atomic mass is 16.2. The Labute approximate surface area is 587 Å². The topological polar surface area (TPSA) is 392 Å². The van der Waals surface area contributed by atoms with Crippen molar-refractivity contribution < 1.29 is 62.3 Å². The summed E-state index contributed by atoms with van der Waals surface area (Å²) in [6, 6.07) is -4.39. The highest BCUT2D eigenvalue weighted by molar-refractivity contribution is 5.90. The molecule has 0 aromatic heterocycles. The van der Waals surface area contributed by atoms with Crippen LogP contribution in [0.5, 0.6) is 0 Å². The maximum atomic E-state index is 14.2. The zero-order chi connectivity index (χ0) is 70.3. The number of carbonyl (C=O) groups excluding carboxylic acids is 13. The Morgan fingerprint density at radius 2 is 0.290 bits per heavy atom. The number of amides is 13. The van der Waals surface area contributed by atoms with Crippen LogP contribution in [-0.4, -0.2) is 149 Å². The summed E-state index contributed by atoms with van der Waals surface area (Å²) in [6.07, 6.45) is 24.3. The number of carbonyl (C=O) groups is 13. The first-order valence-corrected chi connectivity index (χ1v) is 39.2. The molecule has 12 saturated carbocycles. The van der Waals surface area contributed by atoms with Crippen LogP contribution in [0.25, 0.3) is 0 Å². The van der Waals surface area contributed by atoms with Gasteiger partial charge in [0.05, 0.1) is 71.0 Å². The Balaban J connectivity index is 0.566. The van der Waals surface area contributed by atoms with Gasteiger partial charge in [-0.25, -0.2) is 0 Å². The molecule has 0 aromatic rings. The summed E-state index contributed by atoms with van der Waals surface area (Å²) >= 11 is 0. The predicted molar refractivity (Wildman–Crippen MR) is 366 cm³/mol. The lowest BCUT2D eigenvalue weighted by molar-refractivity contribution is -0.133. The van der Waals surface area contributed by atoms with E-state index in [-0.39, 0.29) is 119 Å². The van der Waals surface area contributed by atoms with E-state index in [9.17, 15) is 62.3 Å². The Morgan fingerprint density at radius 1 is 0.180 bits per heavy atom. The number of hydrogen-bond acceptors (Lipinski definition) is 13. The fraction of sp³-hybridized carbons (Fsp3) is 0.824. The van der Waals surface area contributed by atoms with Crippen molar-refractivity contribution >= 4 is 76.8 Å². The number of nitrogens with two attached hydrogens (primary N) is 1. The van der Waals surface area contributed by atoms with Gasteiger partial charge in [0.25, 0.3) is 0 Å². The molecule has 0 aromatic carbocycles. The van der Waals surface area contributed by atoms with E-state index in [1.165, 1.54) is 6.92 Å². The first kappa shape index (κ1) is 72.9. The monoisotopic (exact) mass is 1390 g/mol. The molecule has 552 valence electrons. The summed E-state index contributed by atoms with van der Waals surface area (Å²) in [4.78, 5) is 178. The van der Waals surface area contributed by atoms with Crippen molar-refractivity contribution in [1.82, 2.24) is 63.8 Å². The molecule has 0 spiro atoms. The Bertz CT molecular complexity index is 3080. The Hall–Kier alpha value is -6.89. The van der Waals surface area contributed by atoms with E-state index in [1.807, 2.05) is 0 Å². The standard InChI is InChI=1S/C74H113N13O13/c1-38(88)76-52-27-3-15-40(52)64(90)78-54-29-5-17-42(54)66(92)80-56-31-7-19-44(56)68(94)82-58-33-9-21-46(58)70(96)84-60-35-11-23-48(60)72(98)86-62-37-13-25-50(62)74(100)87-61-36-12-24-49(61)73(99)85-59-34-10-22-47(59)71(97)83-57-32-8-20-45(57)69(95)81-55-30-6-18-43(55)67(93)79-53-28-4-16-41(53)65(91)77-51-26-2-14-39(51)63(75)89/h39-62H,2-37H2,1H3,(H2,75,89)(H,76,88)(H,77,91)(H,78,90)(H,79,93)(H,80,92)(H,81,95)(H,82,94)(H,83,97)(H,84,96)(H,85,99)(H,86,98)(H,87,100)/t39-,40-,41-,42-,43-,44-,45-,46-,47-,48-,49-,50-,51-,52-,53-,54-,55-,56-,57-,58-,59-,60-,61-,62-/m0/s1. The van der Waals surface area contributed by atoms with Crippen molar-refractivity contribution in [2.24, 2.45) is 76.7 Å². The molecule has 24 atom stereocenters. The van der Waals surface area contributed by atoms with E-state index < -0.39 is 101 Å². The van der Waals surface area contributed by atoms with Crippen molar-refractivity contribution in [3.05, 3.63) is 0 Å². The predicted octanol–water partition coefficient (Wildman–Crippen LogP) is 2.91. The number of hydrogen-bond donors (Lipinski definition) is 13. The summed E-state index contributed by atoms with van der Waals surface area (Å²) in [7, 11) is 0. The van der Waals surface area contributed by atoms with Gasteiger partial charge in [0.1, 0.15) is 0 Å². The van der Waals surface area contributed by atoms with Gasteiger partial charge in [-0.1, -0.05) is 77.0 Å². The maximum Gasteiger partial charge on any atom is 0.225 e. The average molecular weight is 1390 g/mol. The molecule has 14 N–H and O–H groups in total. The molecule has 12 aliphatic carbocycles. The van der Waals surface area contributed by atoms with E-state index >= 15 is 0 Å². The number of nitrogens with one attached hydrogen (secondary N) is 12. The van der Waals surface area contributed by atoms with E-state index in [1.54, 1.807) is 0 Å². The van der Waals surface area contributed by atoms with Gasteiger partial charge in [-0.15, -0.1) is 0 Å². The smallest absolute Gasteiger partial charge is 0.225 e. The molecule has 0 unspecified atom stereocenters. The van der Waals surface area contributed by atoms with Crippen LogP contribution in [0.1, 0.15) is 238 Å². The molecule has 0 aliphatic heterocycles. The van der Waals surface area contributed by atoms with Gasteiger partial charge in [0, 0.05) is 79.4 Å². The van der Waals surface area contributed by atoms with Crippen molar-refractivity contribution in [2.45, 2.75) is 311 Å². The first-order chi connectivity index (χ1) is 48.3. The summed E-state index contributed by atoms with van der Waals surface area (Å²) in [5, 5.41) is 37.9. The second kappa shape index (κ2) is 33.0. The summed E-state index contributed by atoms with van der Waals surface area (Å²) < 4.78 is 0. The van der Waals surface area contributed by atoms with Crippen LogP contribution in [0.15, 0.2) is 0 Å². The van der Waals surface area contributed by atoms with Crippen molar-refractivity contribution in [2.75, 3.05) is 0 Å². The molecule has 100 heavy (non-hydrogen) atoms. The molecule has 12 rings (SSSR count). The SMILES string of the molecule is CC(=O)N[C@H]1CCC[C@@H]1C(=O)N[C@H]1CCC[C@@H]1C(=O)N[C@H]1CCC[C@@H]1C(=O)N[C@H]1CCC[C@@H]1C(=O)N[C@H]1CCC[C@@H]1C(=O)N[C@H]1CCC[C@@H]1C(=O)N[C@H]1CCC[C@@H]1C(=O)N[C@H]1CCC[C@@H]1C(=O)N[C@H]1CCC[C@@H]1C(=O)N[C@H]1CCC[C@@H]1C(=O)N[C@H]1CCC[C@@H]1C(=O)N[C@H]1CCC[C@@H]1C(N)=O. The number of primary amides is 1. The summed E-state index contributed by atoms with van der Waals surface area (Å²) in [5.41, 5.74) is 5.62. The van der Waals surface area contributed by atoms with E-state index in [0.29, 0.717) is 148 Å². The molecule has 0 saturated heterocycles. The average Bonchev–Trinajstić information content (AvgIpc) is 1.69. The van der Waals surface area contributed by atoms with Crippen molar-refractivity contribution in [3.63, 3.8) is 0 Å². The molecular weight excluding hydrogens is 1280 g/mol. The molecule has 12 aliphatic rings. The van der Waals surface area contributed by atoms with Crippen LogP contribution in [0.4, 0.5) is 0 Å². The van der Waals surface area contributed by atoms with E-state index in [4.69, 9.17) is 5.73 Å². The molecule has 26 nitrogen and oxygen atoms in total. The highest BCUT2D eigenvalue weighted by Crippen LogP contribution is 2.39. The third kappa shape index (κ3) is 16.9. The van der Waals surface area contributed by atoms with Gasteiger partial charge in [0.15, 0.2) is 0 Å². The number of rotatable bonds is 24. The lowest BCUT2D eigenvalue weighted by Gasteiger charge is -2.29. The van der Waals surface area contributed by atoms with Crippen molar-refractivity contribution in [1.29, 1.82) is 0 Å². The van der Waals surface area contributed by atoms with Gasteiger partial charge in [-0.3, -0.25) is 62.3 Å². The summed E-state index contributed by atoms with van der Waals surface area (Å²) in [5.74, 6) is -7.98. The fourth-order valence-electron chi connectivity index (χ4n) is 20.8. The first-order valence-electron chi connectivity index (χ1n) is 39.2. The zero-order valence-corrected chi connectivity index (χ0v) is 58.7. The fourth-order valence-corrected chi connectivity index (χ4v) is 20.8. The molecule has 26 heteroatoms. The van der Waals surface area contributed by atoms with Crippen LogP contribution in [0.2, 0.25) is 0 Å². The van der Waals surface area contributed by atoms with Gasteiger partial charge in [-0.05, 0) is 154 Å². The minimum absolute atomic E-state index is 0.131. The third-order valence-corrected chi connectivity index (χ3v) is 26.3.